The van der Waals surface area contributed by atoms with Crippen LogP contribution in [0.5, 0.6) is 0 Å². The van der Waals surface area contributed by atoms with E-state index >= 15 is 0 Å². The van der Waals surface area contributed by atoms with Crippen molar-refractivity contribution < 1.29 is 4.42 Å². The highest BCUT2D eigenvalue weighted by Gasteiger charge is 2.37. The lowest BCUT2D eigenvalue weighted by Gasteiger charge is -2.22. The predicted octanol–water partition coefficient (Wildman–Crippen LogP) is 15.8. The summed E-state index contributed by atoms with van der Waals surface area (Å²) < 4.78 is 6.70. The minimum absolute atomic E-state index is 0.177. The maximum absolute atomic E-state index is 6.70. The molecule has 0 amide bonds. The first-order valence-corrected chi connectivity index (χ1v) is 21.3. The van der Waals surface area contributed by atoms with Crippen LogP contribution in [0.15, 0.2) is 211 Å². The van der Waals surface area contributed by atoms with Crippen molar-refractivity contribution in [1.29, 1.82) is 0 Å². The zero-order chi connectivity index (χ0) is 41.4. The first-order valence-electron chi connectivity index (χ1n) is 21.3. The van der Waals surface area contributed by atoms with Gasteiger partial charge < -0.3 is 4.42 Å². The topological polar surface area (TPSA) is 38.9 Å². The van der Waals surface area contributed by atoms with Gasteiger partial charge in [-0.05, 0) is 103 Å². The number of hydrogen-bond donors (Lipinski definition) is 0. The van der Waals surface area contributed by atoms with Crippen LogP contribution in [-0.2, 0) is 5.41 Å². The van der Waals surface area contributed by atoms with Crippen molar-refractivity contribution in [2.75, 3.05) is 0 Å². The maximum atomic E-state index is 6.70. The fraction of sp³-hybridized carbons (Fsp3) is 0.0508. The van der Waals surface area contributed by atoms with Gasteiger partial charge in [0.2, 0.25) is 0 Å². The van der Waals surface area contributed by atoms with Gasteiger partial charge in [-0.25, -0.2) is 9.97 Å². The number of fused-ring (bicyclic) bond motifs is 7. The molecule has 0 unspecified atom stereocenters. The van der Waals surface area contributed by atoms with E-state index in [9.17, 15) is 0 Å². The maximum Gasteiger partial charge on any atom is 0.160 e. The van der Waals surface area contributed by atoms with Crippen LogP contribution in [0.1, 0.15) is 25.0 Å². The fourth-order valence-electron chi connectivity index (χ4n) is 9.80. The second-order valence-corrected chi connectivity index (χ2v) is 16.9. The molecule has 62 heavy (non-hydrogen) atoms. The summed E-state index contributed by atoms with van der Waals surface area (Å²) in [6.45, 7) is 4.72. The molecule has 12 rings (SSSR count). The smallest absolute Gasteiger partial charge is 0.160 e. The Labute approximate surface area is 360 Å². The van der Waals surface area contributed by atoms with Gasteiger partial charge in [0.1, 0.15) is 11.2 Å². The van der Waals surface area contributed by atoms with Gasteiger partial charge in [0.25, 0.3) is 0 Å². The van der Waals surface area contributed by atoms with Crippen molar-refractivity contribution in [1.82, 2.24) is 9.97 Å². The summed E-state index contributed by atoms with van der Waals surface area (Å²) in [5.41, 5.74) is 18.2. The number of para-hydroxylation sites is 2. The van der Waals surface area contributed by atoms with Gasteiger partial charge in [0.15, 0.2) is 5.82 Å². The van der Waals surface area contributed by atoms with Crippen LogP contribution in [0.25, 0.3) is 111 Å². The molecule has 0 saturated carbocycles. The van der Waals surface area contributed by atoms with Crippen LogP contribution < -0.4 is 0 Å². The Morgan fingerprint density at radius 2 is 0.952 bits per heavy atom. The van der Waals surface area contributed by atoms with Crippen molar-refractivity contribution in [3.8, 4) is 78.4 Å². The molecule has 2 aromatic heterocycles. The molecule has 3 nitrogen and oxygen atoms in total. The lowest BCUT2D eigenvalue weighted by Crippen LogP contribution is -2.14. The van der Waals surface area contributed by atoms with E-state index < -0.39 is 0 Å². The number of benzene rings is 9. The van der Waals surface area contributed by atoms with Gasteiger partial charge in [-0.1, -0.05) is 178 Å². The Hall–Kier alpha value is -7.88. The monoisotopic (exact) mass is 792 g/mol. The molecule has 0 spiro atoms. The second kappa shape index (κ2) is 14.1. The third-order valence-electron chi connectivity index (χ3n) is 12.9. The van der Waals surface area contributed by atoms with Gasteiger partial charge in [0.05, 0.1) is 11.4 Å². The van der Waals surface area contributed by atoms with Gasteiger partial charge in [-0.2, -0.15) is 0 Å². The van der Waals surface area contributed by atoms with E-state index in [1.807, 2.05) is 24.3 Å². The molecule has 11 aromatic rings. The lowest BCUT2D eigenvalue weighted by molar-refractivity contribution is 0.661. The average Bonchev–Trinajstić information content (AvgIpc) is 3.82. The Kier molecular flexibility index (Phi) is 8.20. The van der Waals surface area contributed by atoms with Crippen LogP contribution in [0.2, 0.25) is 0 Å². The molecule has 1 aliphatic rings. The van der Waals surface area contributed by atoms with Crippen LogP contribution in [0.4, 0.5) is 0 Å². The van der Waals surface area contributed by atoms with Crippen molar-refractivity contribution in [2.45, 2.75) is 19.3 Å². The van der Waals surface area contributed by atoms with Crippen LogP contribution >= 0.6 is 0 Å². The van der Waals surface area contributed by atoms with Crippen molar-refractivity contribution in [2.24, 2.45) is 0 Å². The molecule has 0 N–H and O–H groups in total. The quantitative estimate of drug-likeness (QED) is 0.168. The van der Waals surface area contributed by atoms with E-state index in [0.29, 0.717) is 5.82 Å². The average molecular weight is 793 g/mol. The highest BCUT2D eigenvalue weighted by molar-refractivity contribution is 6.10. The SMILES string of the molecule is CC1(C)c2cc3ccccc3cc2-c2c(-c3cc(-c4cc(-c5ccccc5-c5ccccc5)nc(-c5ccccc5)n4)cc(-c4cccc5c4oc4ccccc45)c3)cccc21. The third kappa shape index (κ3) is 5.81. The lowest BCUT2D eigenvalue weighted by atomic mass is 9.81. The number of rotatable bonds is 6. The number of hydrogen-bond acceptors (Lipinski definition) is 3. The van der Waals surface area contributed by atoms with Crippen molar-refractivity contribution in [3.05, 3.63) is 217 Å². The largest absolute Gasteiger partial charge is 0.455 e. The summed E-state index contributed by atoms with van der Waals surface area (Å²) in [4.78, 5) is 10.7. The van der Waals surface area contributed by atoms with E-state index in [2.05, 4.69) is 196 Å². The van der Waals surface area contributed by atoms with Crippen molar-refractivity contribution in [3.63, 3.8) is 0 Å². The van der Waals surface area contributed by atoms with Gasteiger partial charge in [0, 0.05) is 38.4 Å². The molecular formula is C59H40N2O. The summed E-state index contributed by atoms with van der Waals surface area (Å²) in [5, 5.41) is 4.71. The highest BCUT2D eigenvalue weighted by atomic mass is 16.3. The summed E-state index contributed by atoms with van der Waals surface area (Å²) in [5.74, 6) is 0.676. The minimum Gasteiger partial charge on any atom is -0.455 e. The third-order valence-corrected chi connectivity index (χ3v) is 12.9. The Morgan fingerprint density at radius 3 is 1.76 bits per heavy atom. The molecule has 0 radical (unpaired) electrons. The van der Waals surface area contributed by atoms with Gasteiger partial charge in [-0.3, -0.25) is 0 Å². The standard InChI is InChI=1S/C59H40N2O/c1-59(2)51-29-16-26-45(56(51)50-34-39-21-9-10-22-40(39)35-52(50)59)41-31-42(46-27-15-28-49-48-25-13-14-30-55(48)62-57(46)49)33-43(32-41)53-36-54(61-58(60-53)38-19-7-4-8-20-38)47-24-12-11-23-44(47)37-17-5-3-6-18-37/h3-36H,1-2H3. The molecule has 0 atom stereocenters. The van der Waals surface area contributed by atoms with Crippen LogP contribution in [-0.4, -0.2) is 9.97 Å². The molecule has 3 heteroatoms. The predicted molar refractivity (Wildman–Crippen MR) is 257 cm³/mol. The van der Waals surface area contributed by atoms with E-state index in [0.717, 1.165) is 77.8 Å². The first-order chi connectivity index (χ1) is 30.5. The van der Waals surface area contributed by atoms with Crippen molar-refractivity contribution >= 4 is 32.7 Å². The summed E-state index contributed by atoms with van der Waals surface area (Å²) >= 11 is 0. The molecule has 0 saturated heterocycles. The second-order valence-electron chi connectivity index (χ2n) is 16.9. The molecule has 1 aliphatic carbocycles. The highest BCUT2D eigenvalue weighted by Crippen LogP contribution is 2.54. The number of aromatic nitrogens is 2. The molecule has 9 aromatic carbocycles. The zero-order valence-corrected chi connectivity index (χ0v) is 34.4. The summed E-state index contributed by atoms with van der Waals surface area (Å²) in [7, 11) is 0. The van der Waals surface area contributed by atoms with Crippen LogP contribution in [0.3, 0.4) is 0 Å². The van der Waals surface area contributed by atoms with E-state index in [4.69, 9.17) is 14.4 Å². The summed E-state index contributed by atoms with van der Waals surface area (Å²) in [6, 6.07) is 73.7. The first kappa shape index (κ1) is 36.0. The molecular weight excluding hydrogens is 753 g/mol. The van der Waals surface area contributed by atoms with Gasteiger partial charge >= 0.3 is 0 Å². The molecule has 0 aliphatic heterocycles. The molecule has 0 bridgehead atoms. The number of furan rings is 1. The Morgan fingerprint density at radius 1 is 0.371 bits per heavy atom. The molecule has 0 fully saturated rings. The normalized spacial score (nSPS) is 12.8. The van der Waals surface area contributed by atoms with Crippen LogP contribution in [0, 0.1) is 0 Å². The minimum atomic E-state index is -0.177. The molecule has 292 valence electrons. The Bertz CT molecular complexity index is 3540. The van der Waals surface area contributed by atoms with E-state index in [1.165, 1.54) is 38.6 Å². The summed E-state index contributed by atoms with van der Waals surface area (Å²) in [6.07, 6.45) is 0. The van der Waals surface area contributed by atoms with E-state index in [-0.39, 0.29) is 5.41 Å². The van der Waals surface area contributed by atoms with E-state index in [1.54, 1.807) is 0 Å². The molecule has 2 heterocycles. The fourth-order valence-corrected chi connectivity index (χ4v) is 9.80. The zero-order valence-electron chi connectivity index (χ0n) is 34.4. The van der Waals surface area contributed by atoms with Gasteiger partial charge in [-0.15, -0.1) is 0 Å². The Balaban J connectivity index is 1.14. The number of nitrogens with zero attached hydrogens (tertiary/aromatic N) is 2.